The zero-order valence-corrected chi connectivity index (χ0v) is 22.6. The van der Waals surface area contributed by atoms with Crippen molar-refractivity contribution in [3.8, 4) is 0 Å². The summed E-state index contributed by atoms with van der Waals surface area (Å²) in [5, 5.41) is 0. The van der Waals surface area contributed by atoms with Gasteiger partial charge in [-0.15, -0.1) is 0 Å². The number of hydrogen-bond acceptors (Lipinski definition) is 10. The number of ketones is 2. The van der Waals surface area contributed by atoms with Crippen molar-refractivity contribution in [2.75, 3.05) is 19.8 Å². The quantitative estimate of drug-likeness (QED) is 0.222. The number of ether oxygens (including phenoxy) is 4. The molecule has 0 spiro atoms. The predicted octanol–water partition coefficient (Wildman–Crippen LogP) is 3.36. The first kappa shape index (κ1) is 34.4. The molecule has 0 aliphatic heterocycles. The molecule has 0 bridgehead atoms. The molecule has 10 heteroatoms. The molecule has 0 heterocycles. The lowest BCUT2D eigenvalue weighted by Gasteiger charge is -2.16. The smallest absolute Gasteiger partial charge is 0.347 e. The summed E-state index contributed by atoms with van der Waals surface area (Å²) in [5.74, 6) is -1.97. The summed E-state index contributed by atoms with van der Waals surface area (Å²) in [7, 11) is 0. The second-order valence-electron chi connectivity index (χ2n) is 9.97. The molecule has 0 aromatic heterocycles. The van der Waals surface area contributed by atoms with Crippen molar-refractivity contribution >= 4 is 35.4 Å². The van der Waals surface area contributed by atoms with Gasteiger partial charge in [0, 0.05) is 37.5 Å². The van der Waals surface area contributed by atoms with Crippen molar-refractivity contribution < 1.29 is 47.7 Å². The Morgan fingerprint density at radius 1 is 0.657 bits per heavy atom. The molecule has 0 aromatic rings. The van der Waals surface area contributed by atoms with Gasteiger partial charge in [-0.1, -0.05) is 41.5 Å². The van der Waals surface area contributed by atoms with Crippen molar-refractivity contribution in [2.45, 2.75) is 94.1 Å². The van der Waals surface area contributed by atoms with Crippen molar-refractivity contribution in [3.63, 3.8) is 0 Å². The van der Waals surface area contributed by atoms with E-state index in [1.807, 2.05) is 41.5 Å². The van der Waals surface area contributed by atoms with Gasteiger partial charge in [0.15, 0.2) is 12.7 Å². The lowest BCUT2D eigenvalue weighted by Crippen LogP contribution is -2.26. The standard InChI is InChI=1S/C13H22O5.C12H20O5/c1-9(18-10(2)14)12(16)17-8-6-7-11(15)13(3,4)5;1-9(13)17-8-11(15)16-7-5-6-10(14)12(2,3)4/h9H,6-8H2,1-5H3;5-8H2,1-4H3. The molecule has 0 aliphatic rings. The minimum atomic E-state index is -0.902. The first-order valence-corrected chi connectivity index (χ1v) is 11.6. The Kier molecular flexibility index (Phi) is 16.5. The van der Waals surface area contributed by atoms with Crippen LogP contribution in [0.2, 0.25) is 0 Å². The van der Waals surface area contributed by atoms with Crippen molar-refractivity contribution in [2.24, 2.45) is 10.8 Å². The molecule has 0 saturated carbocycles. The van der Waals surface area contributed by atoms with Crippen LogP contribution in [0.4, 0.5) is 0 Å². The zero-order chi connectivity index (χ0) is 27.8. The Morgan fingerprint density at radius 3 is 1.46 bits per heavy atom. The first-order chi connectivity index (χ1) is 15.9. The van der Waals surface area contributed by atoms with Gasteiger partial charge in [0.2, 0.25) is 0 Å². The molecule has 0 radical (unpaired) electrons. The fraction of sp³-hybridized carbons (Fsp3) is 0.760. The molecule has 0 aromatic carbocycles. The molecular formula is C25H42O10. The molecule has 0 N–H and O–H groups in total. The predicted molar refractivity (Wildman–Crippen MR) is 127 cm³/mol. The summed E-state index contributed by atoms with van der Waals surface area (Å²) >= 11 is 0. The highest BCUT2D eigenvalue weighted by molar-refractivity contribution is 5.84. The number of esters is 4. The maximum absolute atomic E-state index is 11.6. The Morgan fingerprint density at radius 2 is 1.09 bits per heavy atom. The first-order valence-electron chi connectivity index (χ1n) is 11.6. The SMILES string of the molecule is CC(=O)OC(C)C(=O)OCCCC(=O)C(C)(C)C.CC(=O)OCC(=O)OCCCC(=O)C(C)(C)C. The fourth-order valence-corrected chi connectivity index (χ4v) is 2.19. The summed E-state index contributed by atoms with van der Waals surface area (Å²) < 4.78 is 18.8. The monoisotopic (exact) mass is 502 g/mol. The summed E-state index contributed by atoms with van der Waals surface area (Å²) in [6.07, 6.45) is 0.820. The van der Waals surface area contributed by atoms with E-state index in [0.717, 1.165) is 0 Å². The van der Waals surface area contributed by atoms with E-state index in [0.29, 0.717) is 25.7 Å². The van der Waals surface area contributed by atoms with Crippen LogP contribution in [-0.2, 0) is 47.7 Å². The van der Waals surface area contributed by atoms with Crippen LogP contribution in [0.5, 0.6) is 0 Å². The van der Waals surface area contributed by atoms with Gasteiger partial charge in [-0.2, -0.15) is 0 Å². The van der Waals surface area contributed by atoms with Gasteiger partial charge >= 0.3 is 23.9 Å². The van der Waals surface area contributed by atoms with Gasteiger partial charge in [-0.05, 0) is 19.8 Å². The lowest BCUT2D eigenvalue weighted by molar-refractivity contribution is -0.165. The third-order valence-electron chi connectivity index (χ3n) is 4.34. The van der Waals surface area contributed by atoms with Gasteiger partial charge in [0.25, 0.3) is 0 Å². The van der Waals surface area contributed by atoms with Crippen LogP contribution >= 0.6 is 0 Å². The maximum atomic E-state index is 11.6. The highest BCUT2D eigenvalue weighted by Crippen LogP contribution is 2.18. The van der Waals surface area contributed by atoms with Gasteiger partial charge < -0.3 is 18.9 Å². The average Bonchev–Trinajstić information content (AvgIpc) is 2.70. The van der Waals surface area contributed by atoms with E-state index < -0.39 is 30.0 Å². The number of Topliss-reactive ketones (excluding diaryl/α,β-unsaturated/α-hetero) is 2. The third kappa shape index (κ3) is 20.3. The molecule has 1 atom stereocenters. The Balaban J connectivity index is 0. The molecule has 0 rings (SSSR count). The molecule has 35 heavy (non-hydrogen) atoms. The van der Waals surface area contributed by atoms with E-state index in [2.05, 4.69) is 9.47 Å². The molecule has 1 unspecified atom stereocenters. The van der Waals surface area contributed by atoms with Crippen LogP contribution in [0.3, 0.4) is 0 Å². The number of carbonyl (C=O) groups is 6. The van der Waals surface area contributed by atoms with E-state index in [4.69, 9.17) is 9.47 Å². The Hall–Kier alpha value is -2.78. The second kappa shape index (κ2) is 16.8. The molecule has 0 amide bonds. The molecule has 10 nitrogen and oxygen atoms in total. The number of carbonyl (C=O) groups excluding carboxylic acids is 6. The molecule has 0 fully saturated rings. The fourth-order valence-electron chi connectivity index (χ4n) is 2.19. The summed E-state index contributed by atoms with van der Waals surface area (Å²) in [4.78, 5) is 66.5. The van der Waals surface area contributed by atoms with Crippen LogP contribution in [0.15, 0.2) is 0 Å². The van der Waals surface area contributed by atoms with Crippen molar-refractivity contribution in [1.82, 2.24) is 0 Å². The van der Waals surface area contributed by atoms with Gasteiger partial charge in [0.05, 0.1) is 13.2 Å². The van der Waals surface area contributed by atoms with Crippen LogP contribution in [0.25, 0.3) is 0 Å². The molecular weight excluding hydrogens is 460 g/mol. The lowest BCUT2D eigenvalue weighted by atomic mass is 9.88. The van der Waals surface area contributed by atoms with Gasteiger partial charge in [-0.25, -0.2) is 9.59 Å². The Bertz CT molecular complexity index is 726. The highest BCUT2D eigenvalue weighted by atomic mass is 16.6. The van der Waals surface area contributed by atoms with E-state index in [1.165, 1.54) is 20.8 Å². The van der Waals surface area contributed by atoms with E-state index >= 15 is 0 Å². The minimum Gasteiger partial charge on any atom is -0.463 e. The molecule has 202 valence electrons. The largest absolute Gasteiger partial charge is 0.463 e. The topological polar surface area (TPSA) is 139 Å². The second-order valence-corrected chi connectivity index (χ2v) is 9.97. The summed E-state index contributed by atoms with van der Waals surface area (Å²) in [6.45, 7) is 15.0. The number of rotatable bonds is 12. The Labute approximate surface area is 208 Å². The summed E-state index contributed by atoms with van der Waals surface area (Å²) in [5.41, 5.74) is -0.725. The van der Waals surface area contributed by atoms with E-state index in [1.54, 1.807) is 0 Å². The van der Waals surface area contributed by atoms with E-state index in [-0.39, 0.29) is 42.2 Å². The zero-order valence-electron chi connectivity index (χ0n) is 22.6. The van der Waals surface area contributed by atoms with Crippen molar-refractivity contribution in [1.29, 1.82) is 0 Å². The molecule has 0 aliphatic carbocycles. The van der Waals surface area contributed by atoms with Gasteiger partial charge in [-0.3, -0.25) is 19.2 Å². The highest BCUT2D eigenvalue weighted by Gasteiger charge is 2.22. The molecule has 0 saturated heterocycles. The van der Waals surface area contributed by atoms with Crippen LogP contribution in [0, 0.1) is 10.8 Å². The van der Waals surface area contributed by atoms with Crippen molar-refractivity contribution in [3.05, 3.63) is 0 Å². The third-order valence-corrected chi connectivity index (χ3v) is 4.34. The maximum Gasteiger partial charge on any atom is 0.347 e. The summed E-state index contributed by atoms with van der Waals surface area (Å²) in [6, 6.07) is 0. The van der Waals surface area contributed by atoms with Crippen LogP contribution in [-0.4, -0.2) is 61.4 Å². The van der Waals surface area contributed by atoms with Crippen LogP contribution in [0.1, 0.15) is 88.0 Å². The van der Waals surface area contributed by atoms with Gasteiger partial charge in [0.1, 0.15) is 11.6 Å². The normalized spacial score (nSPS) is 11.8. The average molecular weight is 503 g/mol. The minimum absolute atomic E-state index is 0.131. The number of hydrogen-bond donors (Lipinski definition) is 0. The van der Waals surface area contributed by atoms with E-state index in [9.17, 15) is 28.8 Å². The van der Waals surface area contributed by atoms with Crippen LogP contribution < -0.4 is 0 Å².